The maximum atomic E-state index is 12.2. The summed E-state index contributed by atoms with van der Waals surface area (Å²) in [6.45, 7) is 3.84. The van der Waals surface area contributed by atoms with E-state index in [2.05, 4.69) is 41.0 Å². The summed E-state index contributed by atoms with van der Waals surface area (Å²) in [7, 11) is 0. The number of morpholine rings is 1. The van der Waals surface area contributed by atoms with Crippen molar-refractivity contribution in [1.29, 1.82) is 0 Å². The third-order valence-corrected chi connectivity index (χ3v) is 3.88. The first-order chi connectivity index (χ1) is 10.2. The second kappa shape index (κ2) is 7.58. The van der Waals surface area contributed by atoms with Crippen LogP contribution in [-0.4, -0.2) is 31.2 Å². The Balaban J connectivity index is 0.00000176. The highest BCUT2D eigenvalue weighted by atomic mass is 35.5. The van der Waals surface area contributed by atoms with E-state index in [-0.39, 0.29) is 30.5 Å². The first kappa shape index (κ1) is 16.7. The second-order valence-corrected chi connectivity index (χ2v) is 5.41. The van der Waals surface area contributed by atoms with Crippen LogP contribution in [0, 0.1) is 0 Å². The van der Waals surface area contributed by atoms with E-state index >= 15 is 0 Å². The van der Waals surface area contributed by atoms with Crippen LogP contribution in [0.4, 0.5) is 0 Å². The minimum Gasteiger partial charge on any atom is -0.375 e. The summed E-state index contributed by atoms with van der Waals surface area (Å²) in [6, 6.07) is 14.2. The van der Waals surface area contributed by atoms with E-state index in [4.69, 9.17) is 4.74 Å². The molecule has 1 amide bonds. The summed E-state index contributed by atoms with van der Waals surface area (Å²) < 4.78 is 5.50. The Morgan fingerprint density at radius 3 is 2.82 bits per heavy atom. The van der Waals surface area contributed by atoms with E-state index in [1.165, 1.54) is 10.8 Å². The molecule has 2 aromatic carbocycles. The number of rotatable bonds is 3. The lowest BCUT2D eigenvalue weighted by Gasteiger charge is -2.29. The lowest BCUT2D eigenvalue weighted by molar-refractivity contribution is -0.129. The second-order valence-electron chi connectivity index (χ2n) is 5.41. The van der Waals surface area contributed by atoms with Gasteiger partial charge in [-0.25, -0.2) is 0 Å². The molecule has 22 heavy (non-hydrogen) atoms. The lowest BCUT2D eigenvalue weighted by Crippen LogP contribution is -2.55. The van der Waals surface area contributed by atoms with Gasteiger partial charge in [-0.3, -0.25) is 4.79 Å². The van der Waals surface area contributed by atoms with Crippen LogP contribution >= 0.6 is 12.4 Å². The van der Waals surface area contributed by atoms with Crippen molar-refractivity contribution in [1.82, 2.24) is 10.6 Å². The number of amides is 1. The molecule has 1 heterocycles. The molecule has 118 valence electrons. The van der Waals surface area contributed by atoms with Gasteiger partial charge in [-0.15, -0.1) is 12.4 Å². The van der Waals surface area contributed by atoms with E-state index in [1.807, 2.05) is 19.1 Å². The number of ether oxygens (including phenoxy) is 1. The van der Waals surface area contributed by atoms with Crippen LogP contribution in [0.3, 0.4) is 0 Å². The van der Waals surface area contributed by atoms with Gasteiger partial charge < -0.3 is 15.4 Å². The monoisotopic (exact) mass is 320 g/mol. The largest absolute Gasteiger partial charge is 0.375 e. The van der Waals surface area contributed by atoms with E-state index in [9.17, 15) is 4.79 Å². The molecule has 0 bridgehead atoms. The van der Waals surface area contributed by atoms with Crippen molar-refractivity contribution in [3.63, 3.8) is 0 Å². The summed E-state index contributed by atoms with van der Waals surface area (Å²) in [6.07, 6.45) is -0.0876. The van der Waals surface area contributed by atoms with Crippen molar-refractivity contribution in [3.05, 3.63) is 48.0 Å². The van der Waals surface area contributed by atoms with Crippen LogP contribution in [0.2, 0.25) is 0 Å². The third kappa shape index (κ3) is 3.77. The number of halogens is 1. The number of benzene rings is 2. The highest BCUT2D eigenvalue weighted by Crippen LogP contribution is 2.15. The number of carbonyl (C=O) groups excluding carboxylic acids is 1. The average Bonchev–Trinajstić information content (AvgIpc) is 2.53. The van der Waals surface area contributed by atoms with Crippen molar-refractivity contribution >= 4 is 29.1 Å². The molecule has 2 N–H and O–H groups in total. The molecule has 0 unspecified atom stereocenters. The molecule has 1 aliphatic heterocycles. The van der Waals surface area contributed by atoms with Gasteiger partial charge in [0.25, 0.3) is 0 Å². The zero-order valence-electron chi connectivity index (χ0n) is 12.5. The summed E-state index contributed by atoms with van der Waals surface area (Å²) in [5, 5.41) is 8.58. The molecule has 0 saturated carbocycles. The zero-order chi connectivity index (χ0) is 14.7. The molecule has 1 saturated heterocycles. The molecule has 1 fully saturated rings. The van der Waals surface area contributed by atoms with Gasteiger partial charge in [0.1, 0.15) is 6.04 Å². The predicted octanol–water partition coefficient (Wildman–Crippen LogP) is 2.25. The third-order valence-electron chi connectivity index (χ3n) is 3.88. The lowest BCUT2D eigenvalue weighted by atomic mass is 10.1. The number of carbonyl (C=O) groups is 1. The van der Waals surface area contributed by atoms with Crippen molar-refractivity contribution in [2.75, 3.05) is 13.2 Å². The van der Waals surface area contributed by atoms with Gasteiger partial charge in [-0.2, -0.15) is 0 Å². The topological polar surface area (TPSA) is 50.4 Å². The van der Waals surface area contributed by atoms with E-state index in [1.54, 1.807) is 0 Å². The average molecular weight is 321 g/mol. The van der Waals surface area contributed by atoms with Crippen molar-refractivity contribution < 1.29 is 9.53 Å². The van der Waals surface area contributed by atoms with Crippen LogP contribution in [0.15, 0.2) is 42.5 Å². The van der Waals surface area contributed by atoms with Gasteiger partial charge in [0.05, 0.1) is 12.7 Å². The molecule has 3 rings (SSSR count). The van der Waals surface area contributed by atoms with Crippen LogP contribution in [-0.2, 0) is 16.1 Å². The first-order valence-electron chi connectivity index (χ1n) is 7.34. The van der Waals surface area contributed by atoms with Gasteiger partial charge >= 0.3 is 0 Å². The SMILES string of the molecule is C[C@H]1OCCN[C@@H]1C(=O)NCc1ccc2ccccc2c1.Cl. The fourth-order valence-corrected chi connectivity index (χ4v) is 2.68. The van der Waals surface area contributed by atoms with Crippen molar-refractivity contribution in [2.24, 2.45) is 0 Å². The maximum Gasteiger partial charge on any atom is 0.240 e. The van der Waals surface area contributed by atoms with Crippen LogP contribution in [0.1, 0.15) is 12.5 Å². The van der Waals surface area contributed by atoms with Gasteiger partial charge in [0.15, 0.2) is 0 Å². The van der Waals surface area contributed by atoms with Gasteiger partial charge in [0.2, 0.25) is 5.91 Å². The minimum atomic E-state index is -0.265. The van der Waals surface area contributed by atoms with Crippen LogP contribution in [0.25, 0.3) is 10.8 Å². The maximum absolute atomic E-state index is 12.2. The molecular weight excluding hydrogens is 300 g/mol. The normalized spacial score (nSPS) is 21.1. The van der Waals surface area contributed by atoms with E-state index in [0.29, 0.717) is 13.2 Å². The quantitative estimate of drug-likeness (QED) is 0.912. The Kier molecular flexibility index (Phi) is 5.77. The summed E-state index contributed by atoms with van der Waals surface area (Å²) in [5.74, 6) is -0.00430. The summed E-state index contributed by atoms with van der Waals surface area (Å²) in [5.41, 5.74) is 1.10. The predicted molar refractivity (Wildman–Crippen MR) is 90.2 cm³/mol. The standard InChI is InChI=1S/C17H20N2O2.ClH/c1-12-16(18-8-9-21-12)17(20)19-11-13-6-7-14-4-2-3-5-15(14)10-13;/h2-7,10,12,16,18H,8-9,11H2,1H3,(H,19,20);1H/t12-,16+;/m1./s1. The number of fused-ring (bicyclic) bond motifs is 1. The molecule has 2 atom stereocenters. The number of nitrogens with one attached hydrogen (secondary N) is 2. The zero-order valence-corrected chi connectivity index (χ0v) is 13.4. The molecule has 0 aromatic heterocycles. The fraction of sp³-hybridized carbons (Fsp3) is 0.353. The number of hydrogen-bond acceptors (Lipinski definition) is 3. The van der Waals surface area contributed by atoms with Crippen LogP contribution in [0.5, 0.6) is 0 Å². The fourth-order valence-electron chi connectivity index (χ4n) is 2.68. The van der Waals surface area contributed by atoms with Gasteiger partial charge in [-0.05, 0) is 29.3 Å². The Bertz CT molecular complexity index is 647. The molecule has 1 aliphatic rings. The minimum absolute atomic E-state index is 0. The molecule has 0 radical (unpaired) electrons. The summed E-state index contributed by atoms with van der Waals surface area (Å²) in [4.78, 5) is 12.2. The molecule has 5 heteroatoms. The Morgan fingerprint density at radius 2 is 2.05 bits per heavy atom. The Hall–Kier alpha value is -1.62. The van der Waals surface area contributed by atoms with Gasteiger partial charge in [0, 0.05) is 13.1 Å². The first-order valence-corrected chi connectivity index (χ1v) is 7.34. The van der Waals surface area contributed by atoms with E-state index in [0.717, 1.165) is 12.1 Å². The summed E-state index contributed by atoms with van der Waals surface area (Å²) >= 11 is 0. The van der Waals surface area contributed by atoms with Crippen molar-refractivity contribution in [2.45, 2.75) is 25.6 Å². The Labute approximate surface area is 136 Å². The number of hydrogen-bond donors (Lipinski definition) is 2. The molecule has 2 aromatic rings. The smallest absolute Gasteiger partial charge is 0.240 e. The highest BCUT2D eigenvalue weighted by molar-refractivity contribution is 5.85. The molecule has 0 spiro atoms. The van der Waals surface area contributed by atoms with Crippen molar-refractivity contribution in [3.8, 4) is 0 Å². The molecular formula is C17H21ClN2O2. The molecule has 4 nitrogen and oxygen atoms in total. The van der Waals surface area contributed by atoms with E-state index < -0.39 is 0 Å². The molecule has 0 aliphatic carbocycles. The Morgan fingerprint density at radius 1 is 1.27 bits per heavy atom. The van der Waals surface area contributed by atoms with Gasteiger partial charge in [-0.1, -0.05) is 36.4 Å². The highest BCUT2D eigenvalue weighted by Gasteiger charge is 2.27. The van der Waals surface area contributed by atoms with Crippen LogP contribution < -0.4 is 10.6 Å².